The predicted molar refractivity (Wildman–Crippen MR) is 70.1 cm³/mol. The van der Waals surface area contributed by atoms with Crippen LogP contribution in [0.1, 0.15) is 11.1 Å². The maximum Gasteiger partial charge on any atom is 0.145 e. The molecule has 0 saturated heterocycles. The highest BCUT2D eigenvalue weighted by Gasteiger charge is 2.04. The number of nitrogens with zero attached hydrogens (tertiary/aromatic N) is 1. The van der Waals surface area contributed by atoms with E-state index in [9.17, 15) is 0 Å². The number of rotatable bonds is 2. The molecule has 17 heavy (non-hydrogen) atoms. The first-order valence-electron chi connectivity index (χ1n) is 5.13. The first kappa shape index (κ1) is 11.7. The minimum Gasteiger partial charge on any atom is -0.456 e. The van der Waals surface area contributed by atoms with Crippen LogP contribution in [0, 0.1) is 18.3 Å². The van der Waals surface area contributed by atoms with Gasteiger partial charge in [0.15, 0.2) is 0 Å². The van der Waals surface area contributed by atoms with Crippen molar-refractivity contribution < 1.29 is 4.74 Å². The van der Waals surface area contributed by atoms with E-state index < -0.39 is 0 Å². The summed E-state index contributed by atoms with van der Waals surface area (Å²) >= 11 is 3.38. The van der Waals surface area contributed by atoms with Gasteiger partial charge in [-0.1, -0.05) is 28.1 Å². The molecule has 0 atom stereocenters. The maximum atomic E-state index is 9.04. The molecule has 0 unspecified atom stereocenters. The number of halogens is 1. The molecule has 2 aromatic carbocycles. The highest BCUT2D eigenvalue weighted by molar-refractivity contribution is 9.10. The zero-order chi connectivity index (χ0) is 12.3. The van der Waals surface area contributed by atoms with E-state index in [1.165, 1.54) is 0 Å². The minimum absolute atomic E-state index is 0.546. The molecule has 0 spiro atoms. The Labute approximate surface area is 109 Å². The molecule has 0 N–H and O–H groups in total. The normalized spacial score (nSPS) is 9.71. The lowest BCUT2D eigenvalue weighted by Crippen LogP contribution is -1.89. The van der Waals surface area contributed by atoms with E-state index in [-0.39, 0.29) is 0 Å². The second-order valence-corrected chi connectivity index (χ2v) is 4.59. The Morgan fingerprint density at radius 2 is 2.00 bits per heavy atom. The average molecular weight is 288 g/mol. The van der Waals surface area contributed by atoms with Crippen molar-refractivity contribution in [2.24, 2.45) is 0 Å². The highest BCUT2D eigenvalue weighted by atomic mass is 79.9. The standard InChI is InChI=1S/C14H10BrNO/c1-10-5-6-14(11(7-10)9-16)17-13-4-2-3-12(15)8-13/h2-8H,1H3. The molecule has 3 heteroatoms. The lowest BCUT2D eigenvalue weighted by atomic mass is 10.1. The maximum absolute atomic E-state index is 9.04. The van der Waals surface area contributed by atoms with Crippen molar-refractivity contribution in [2.45, 2.75) is 6.92 Å². The molecule has 0 saturated carbocycles. The molecule has 0 bridgehead atoms. The number of benzene rings is 2. The second kappa shape index (κ2) is 5.03. The Bertz CT molecular complexity index is 587. The van der Waals surface area contributed by atoms with E-state index in [1.807, 2.05) is 49.4 Å². The van der Waals surface area contributed by atoms with Crippen LogP contribution in [0.2, 0.25) is 0 Å². The Kier molecular flexibility index (Phi) is 3.46. The van der Waals surface area contributed by atoms with E-state index in [4.69, 9.17) is 10.00 Å². The van der Waals surface area contributed by atoms with Crippen molar-refractivity contribution in [3.05, 3.63) is 58.1 Å². The van der Waals surface area contributed by atoms with Crippen LogP contribution in [-0.2, 0) is 0 Å². The van der Waals surface area contributed by atoms with Crippen molar-refractivity contribution in [3.8, 4) is 17.6 Å². The SMILES string of the molecule is Cc1ccc(Oc2cccc(Br)c2)c(C#N)c1. The summed E-state index contributed by atoms with van der Waals surface area (Å²) in [5, 5.41) is 9.04. The van der Waals surface area contributed by atoms with Crippen LogP contribution in [0.3, 0.4) is 0 Å². The van der Waals surface area contributed by atoms with Crippen LogP contribution in [0.5, 0.6) is 11.5 Å². The fraction of sp³-hybridized carbons (Fsp3) is 0.0714. The van der Waals surface area contributed by atoms with Gasteiger partial charge in [-0.2, -0.15) is 5.26 Å². The highest BCUT2D eigenvalue weighted by Crippen LogP contribution is 2.27. The topological polar surface area (TPSA) is 33.0 Å². The third-order valence-corrected chi connectivity index (χ3v) is 2.77. The van der Waals surface area contributed by atoms with Gasteiger partial charge in [0.1, 0.15) is 17.6 Å². The smallest absolute Gasteiger partial charge is 0.145 e. The lowest BCUT2D eigenvalue weighted by molar-refractivity contribution is 0.480. The third kappa shape index (κ3) is 2.86. The van der Waals surface area contributed by atoms with Gasteiger partial charge in [0.05, 0.1) is 5.56 Å². The quantitative estimate of drug-likeness (QED) is 0.819. The summed E-state index contributed by atoms with van der Waals surface area (Å²) in [4.78, 5) is 0. The summed E-state index contributed by atoms with van der Waals surface area (Å²) < 4.78 is 6.63. The van der Waals surface area contributed by atoms with Crippen molar-refractivity contribution >= 4 is 15.9 Å². The van der Waals surface area contributed by atoms with E-state index in [0.29, 0.717) is 17.1 Å². The predicted octanol–water partition coefficient (Wildman–Crippen LogP) is 4.42. The van der Waals surface area contributed by atoms with Crippen LogP contribution in [0.25, 0.3) is 0 Å². The number of hydrogen-bond donors (Lipinski definition) is 0. The summed E-state index contributed by atoms with van der Waals surface area (Å²) in [6.45, 7) is 1.95. The monoisotopic (exact) mass is 287 g/mol. The Morgan fingerprint density at radius 3 is 2.71 bits per heavy atom. The number of aryl methyl sites for hydroxylation is 1. The molecular weight excluding hydrogens is 278 g/mol. The summed E-state index contributed by atoms with van der Waals surface area (Å²) in [5.41, 5.74) is 1.59. The summed E-state index contributed by atoms with van der Waals surface area (Å²) in [7, 11) is 0. The molecule has 0 fully saturated rings. The molecule has 0 aromatic heterocycles. The van der Waals surface area contributed by atoms with Crippen molar-refractivity contribution in [1.82, 2.24) is 0 Å². The first-order chi connectivity index (χ1) is 8.19. The Balaban J connectivity index is 2.34. The van der Waals surface area contributed by atoms with Gasteiger partial charge in [0.25, 0.3) is 0 Å². The van der Waals surface area contributed by atoms with Gasteiger partial charge in [0.2, 0.25) is 0 Å². The number of ether oxygens (including phenoxy) is 1. The van der Waals surface area contributed by atoms with Gasteiger partial charge in [-0.25, -0.2) is 0 Å². The van der Waals surface area contributed by atoms with Crippen LogP contribution in [0.4, 0.5) is 0 Å². The molecule has 0 aliphatic carbocycles. The molecular formula is C14H10BrNO. The van der Waals surface area contributed by atoms with Gasteiger partial charge >= 0.3 is 0 Å². The molecule has 0 heterocycles. The molecule has 2 nitrogen and oxygen atoms in total. The summed E-state index contributed by atoms with van der Waals surface area (Å²) in [6, 6.07) is 15.2. The average Bonchev–Trinajstić information content (AvgIpc) is 2.31. The third-order valence-electron chi connectivity index (χ3n) is 2.28. The fourth-order valence-electron chi connectivity index (χ4n) is 1.48. The fourth-order valence-corrected chi connectivity index (χ4v) is 1.86. The van der Waals surface area contributed by atoms with Crippen molar-refractivity contribution in [1.29, 1.82) is 5.26 Å². The molecule has 0 amide bonds. The van der Waals surface area contributed by atoms with Crippen molar-refractivity contribution in [2.75, 3.05) is 0 Å². The largest absolute Gasteiger partial charge is 0.456 e. The molecule has 84 valence electrons. The van der Waals surface area contributed by atoms with Gasteiger partial charge in [-0.05, 0) is 42.8 Å². The Hall–Kier alpha value is -1.79. The molecule has 2 rings (SSSR count). The zero-order valence-corrected chi connectivity index (χ0v) is 10.9. The van der Waals surface area contributed by atoms with E-state index in [0.717, 1.165) is 10.0 Å². The molecule has 2 aromatic rings. The summed E-state index contributed by atoms with van der Waals surface area (Å²) in [5.74, 6) is 1.29. The van der Waals surface area contributed by atoms with Gasteiger partial charge < -0.3 is 4.74 Å². The Morgan fingerprint density at radius 1 is 1.18 bits per heavy atom. The van der Waals surface area contributed by atoms with Crippen LogP contribution < -0.4 is 4.74 Å². The van der Waals surface area contributed by atoms with Crippen molar-refractivity contribution in [3.63, 3.8) is 0 Å². The molecule has 0 aliphatic heterocycles. The second-order valence-electron chi connectivity index (χ2n) is 3.67. The minimum atomic E-state index is 0.546. The van der Waals surface area contributed by atoms with E-state index in [1.54, 1.807) is 0 Å². The summed E-state index contributed by atoms with van der Waals surface area (Å²) in [6.07, 6.45) is 0. The van der Waals surface area contributed by atoms with E-state index in [2.05, 4.69) is 22.0 Å². The van der Waals surface area contributed by atoms with Crippen LogP contribution in [0.15, 0.2) is 46.9 Å². The molecule has 0 radical (unpaired) electrons. The first-order valence-corrected chi connectivity index (χ1v) is 5.92. The van der Waals surface area contributed by atoms with E-state index >= 15 is 0 Å². The van der Waals surface area contributed by atoms with Gasteiger partial charge in [-0.15, -0.1) is 0 Å². The molecule has 0 aliphatic rings. The van der Waals surface area contributed by atoms with Crippen LogP contribution >= 0.6 is 15.9 Å². The number of nitriles is 1. The van der Waals surface area contributed by atoms with Crippen LogP contribution in [-0.4, -0.2) is 0 Å². The lowest BCUT2D eigenvalue weighted by Gasteiger charge is -2.08. The van der Waals surface area contributed by atoms with Gasteiger partial charge in [0, 0.05) is 4.47 Å². The zero-order valence-electron chi connectivity index (χ0n) is 9.27. The van der Waals surface area contributed by atoms with Gasteiger partial charge in [-0.3, -0.25) is 0 Å². The number of hydrogen-bond acceptors (Lipinski definition) is 2.